The number of carbonyl (C=O) groups is 3. The molecule has 3 fully saturated rings. The van der Waals surface area contributed by atoms with Crippen LogP contribution in [0, 0.1) is 11.8 Å². The first kappa shape index (κ1) is 30.8. The van der Waals surface area contributed by atoms with E-state index in [0.717, 1.165) is 0 Å². The van der Waals surface area contributed by atoms with Gasteiger partial charge >= 0.3 is 0 Å². The lowest BCUT2D eigenvalue weighted by atomic mass is 9.64. The maximum Gasteiger partial charge on any atom is 0.248 e. The van der Waals surface area contributed by atoms with Crippen molar-refractivity contribution in [2.24, 2.45) is 11.8 Å². The number of hydrogen-bond donors (Lipinski definition) is 1. The summed E-state index contributed by atoms with van der Waals surface area (Å²) in [4.78, 5) is 48.1. The van der Waals surface area contributed by atoms with Crippen molar-refractivity contribution in [1.82, 2.24) is 9.80 Å². The lowest BCUT2D eigenvalue weighted by Crippen LogP contribution is -2.59. The number of fused-ring (bicyclic) bond motifs is 1. The van der Waals surface area contributed by atoms with Crippen molar-refractivity contribution >= 4 is 23.4 Å². The Morgan fingerprint density at radius 1 is 1.12 bits per heavy atom. The minimum absolute atomic E-state index is 0.142. The smallest absolute Gasteiger partial charge is 0.248 e. The van der Waals surface area contributed by atoms with Crippen LogP contribution < -0.4 is 9.64 Å². The Hall–Kier alpha value is -3.17. The number of nitrogens with zero attached hydrogens (tertiary/aromatic N) is 3. The van der Waals surface area contributed by atoms with Crippen LogP contribution in [0.1, 0.15) is 53.9 Å². The number of anilines is 1. The summed E-state index contributed by atoms with van der Waals surface area (Å²) in [5.41, 5.74) is -1.38. The number of aliphatic hydroxyl groups is 1. The summed E-state index contributed by atoms with van der Waals surface area (Å²) in [7, 11) is 0. The molecule has 3 heterocycles. The molecule has 6 atom stereocenters. The van der Waals surface area contributed by atoms with Crippen LogP contribution in [0.25, 0.3) is 0 Å². The van der Waals surface area contributed by atoms with Gasteiger partial charge in [-0.05, 0) is 71.2 Å². The third-order valence-corrected chi connectivity index (χ3v) is 9.13. The molecule has 4 rings (SSSR count). The summed E-state index contributed by atoms with van der Waals surface area (Å²) in [5, 5.41) is 10.2. The summed E-state index contributed by atoms with van der Waals surface area (Å²) in [6.07, 6.45) is 4.90. The molecule has 0 radical (unpaired) electrons. The van der Waals surface area contributed by atoms with Crippen molar-refractivity contribution in [3.05, 3.63) is 49.6 Å². The van der Waals surface area contributed by atoms with Gasteiger partial charge in [0.25, 0.3) is 0 Å². The predicted octanol–water partition coefficient (Wildman–Crippen LogP) is 3.56. The molecule has 1 aromatic rings. The van der Waals surface area contributed by atoms with Crippen molar-refractivity contribution < 1.29 is 29.0 Å². The first-order valence-electron chi connectivity index (χ1n) is 14.8. The lowest BCUT2D eigenvalue weighted by Gasteiger charge is -2.39. The van der Waals surface area contributed by atoms with E-state index in [9.17, 15) is 19.5 Å². The fourth-order valence-electron chi connectivity index (χ4n) is 7.23. The largest absolute Gasteiger partial charge is 0.494 e. The molecule has 9 nitrogen and oxygen atoms in total. The van der Waals surface area contributed by atoms with E-state index in [1.54, 1.807) is 28.9 Å². The molecule has 0 saturated carbocycles. The maximum absolute atomic E-state index is 14.6. The molecule has 1 spiro atoms. The molecule has 3 amide bonds. The van der Waals surface area contributed by atoms with Gasteiger partial charge in [0, 0.05) is 24.8 Å². The Morgan fingerprint density at radius 2 is 1.78 bits per heavy atom. The van der Waals surface area contributed by atoms with Gasteiger partial charge in [0.1, 0.15) is 17.4 Å². The highest BCUT2D eigenvalue weighted by molar-refractivity contribution is 6.03. The van der Waals surface area contributed by atoms with Crippen LogP contribution in [-0.4, -0.2) is 88.3 Å². The Bertz CT molecular complexity index is 1170. The van der Waals surface area contributed by atoms with Crippen molar-refractivity contribution in [2.75, 3.05) is 31.2 Å². The molecule has 1 aromatic carbocycles. The molecular weight excluding hydrogens is 522 g/mol. The second-order valence-corrected chi connectivity index (χ2v) is 11.6. The van der Waals surface area contributed by atoms with Gasteiger partial charge in [-0.1, -0.05) is 19.1 Å². The lowest BCUT2D eigenvalue weighted by molar-refractivity contribution is -0.156. The normalized spacial score (nSPS) is 28.9. The maximum atomic E-state index is 14.6. The molecular formula is C32H45N3O6. The van der Waals surface area contributed by atoms with Gasteiger partial charge in [0.2, 0.25) is 17.7 Å². The zero-order chi connectivity index (χ0) is 30.1. The zero-order valence-electron chi connectivity index (χ0n) is 25.0. The van der Waals surface area contributed by atoms with E-state index in [1.165, 1.54) is 4.90 Å². The average Bonchev–Trinajstić information content (AvgIpc) is 3.57. The van der Waals surface area contributed by atoms with E-state index in [-0.39, 0.29) is 36.9 Å². The number of hydrogen-bond acceptors (Lipinski definition) is 6. The highest BCUT2D eigenvalue weighted by Crippen LogP contribution is 2.65. The first-order valence-corrected chi connectivity index (χ1v) is 14.8. The molecule has 9 heteroatoms. The summed E-state index contributed by atoms with van der Waals surface area (Å²) >= 11 is 0. The van der Waals surface area contributed by atoms with Crippen LogP contribution in [0.3, 0.4) is 0 Å². The summed E-state index contributed by atoms with van der Waals surface area (Å²) in [5.74, 6) is -1.73. The van der Waals surface area contributed by atoms with Gasteiger partial charge in [0.05, 0.1) is 36.7 Å². The highest BCUT2D eigenvalue weighted by Gasteiger charge is 2.79. The van der Waals surface area contributed by atoms with E-state index in [0.29, 0.717) is 43.9 Å². The second kappa shape index (κ2) is 12.0. The Balaban J connectivity index is 1.81. The number of rotatable bonds is 13. The quantitative estimate of drug-likeness (QED) is 0.366. The number of aliphatic hydroxyl groups excluding tert-OH is 1. The van der Waals surface area contributed by atoms with Crippen LogP contribution in [0.2, 0.25) is 0 Å². The molecule has 2 bridgehead atoms. The zero-order valence-corrected chi connectivity index (χ0v) is 25.0. The Kier molecular flexibility index (Phi) is 8.99. The van der Waals surface area contributed by atoms with Crippen molar-refractivity contribution in [2.45, 2.75) is 83.2 Å². The number of benzene rings is 1. The number of carbonyl (C=O) groups excluding carboxylic acids is 3. The summed E-state index contributed by atoms with van der Waals surface area (Å²) < 4.78 is 12.5. The van der Waals surface area contributed by atoms with Gasteiger partial charge in [-0.25, -0.2) is 0 Å². The third-order valence-electron chi connectivity index (χ3n) is 9.13. The Morgan fingerprint density at radius 3 is 2.32 bits per heavy atom. The van der Waals surface area contributed by atoms with E-state index >= 15 is 0 Å². The second-order valence-electron chi connectivity index (χ2n) is 11.6. The predicted molar refractivity (Wildman–Crippen MR) is 157 cm³/mol. The van der Waals surface area contributed by atoms with Crippen LogP contribution in [-0.2, 0) is 19.1 Å². The van der Waals surface area contributed by atoms with Gasteiger partial charge < -0.3 is 29.3 Å². The van der Waals surface area contributed by atoms with Gasteiger partial charge in [-0.2, -0.15) is 0 Å². The van der Waals surface area contributed by atoms with Crippen molar-refractivity contribution in [3.8, 4) is 5.75 Å². The van der Waals surface area contributed by atoms with E-state index in [2.05, 4.69) is 13.2 Å². The number of amides is 3. The monoisotopic (exact) mass is 567 g/mol. The molecule has 41 heavy (non-hydrogen) atoms. The van der Waals surface area contributed by atoms with Crippen molar-refractivity contribution in [3.63, 3.8) is 0 Å². The molecule has 2 unspecified atom stereocenters. The van der Waals surface area contributed by atoms with E-state index in [1.807, 2.05) is 52.0 Å². The summed E-state index contributed by atoms with van der Waals surface area (Å²) in [6, 6.07) is 5.57. The van der Waals surface area contributed by atoms with Gasteiger partial charge in [-0.3, -0.25) is 14.4 Å². The first-order chi connectivity index (χ1) is 19.6. The third kappa shape index (κ3) is 4.87. The average molecular weight is 568 g/mol. The van der Waals surface area contributed by atoms with E-state index in [4.69, 9.17) is 9.47 Å². The Labute approximate surface area is 243 Å². The number of ether oxygens (including phenoxy) is 2. The topological polar surface area (TPSA) is 99.6 Å². The van der Waals surface area contributed by atoms with Gasteiger partial charge in [0.15, 0.2) is 0 Å². The van der Waals surface area contributed by atoms with Gasteiger partial charge in [-0.15, -0.1) is 13.2 Å². The molecule has 0 aromatic heterocycles. The standard InChI is InChI=1S/C32H45N3O6/c1-8-18-33(21(5)6)30(39)27-32-17-16-31(10-3,41-32)25(26(32)29(38)35(27)22(7)20-36)28(37)34(19-9-2)23-12-14-24(15-13-23)40-11-4/h8-9,12-15,21-22,25-27,36H,1-2,10-11,16-20H2,3-7H3/t22-,25-,26+,27?,31+,32?/m1/s1. The summed E-state index contributed by atoms with van der Waals surface area (Å²) in [6.45, 7) is 17.9. The molecule has 224 valence electrons. The molecule has 0 aliphatic carbocycles. The molecule has 3 saturated heterocycles. The minimum atomic E-state index is -1.17. The van der Waals surface area contributed by atoms with Crippen molar-refractivity contribution in [1.29, 1.82) is 0 Å². The number of likely N-dealkylation sites (tertiary alicyclic amines) is 1. The van der Waals surface area contributed by atoms with Crippen LogP contribution in [0.15, 0.2) is 49.6 Å². The molecule has 1 N–H and O–H groups in total. The fourth-order valence-corrected chi connectivity index (χ4v) is 7.23. The molecule has 3 aliphatic rings. The van der Waals surface area contributed by atoms with Crippen LogP contribution >= 0.6 is 0 Å². The minimum Gasteiger partial charge on any atom is -0.494 e. The highest BCUT2D eigenvalue weighted by atomic mass is 16.5. The van der Waals surface area contributed by atoms with Crippen LogP contribution in [0.5, 0.6) is 5.75 Å². The molecule has 3 aliphatic heterocycles. The van der Waals surface area contributed by atoms with E-state index < -0.39 is 35.1 Å². The fraction of sp³-hybridized carbons (Fsp3) is 0.594. The van der Waals surface area contributed by atoms with Crippen LogP contribution in [0.4, 0.5) is 5.69 Å². The SMILES string of the molecule is C=CCN(C(=O)[C@H]1[C@H]2C(=O)N([C@H](C)CO)C(C(=O)N(CC=C)C(C)C)C23CC[C@]1(CC)O3)c1ccc(OCC)cc1.